The summed E-state index contributed by atoms with van der Waals surface area (Å²) in [5, 5.41) is 15.0. The number of carbonyl (C=O) groups is 1. The Morgan fingerprint density at radius 1 is 1.47 bits per heavy atom. The maximum Gasteiger partial charge on any atom is 0.227 e. The van der Waals surface area contributed by atoms with Crippen molar-refractivity contribution < 1.29 is 4.79 Å². The quantitative estimate of drug-likeness (QED) is 0.864. The summed E-state index contributed by atoms with van der Waals surface area (Å²) in [6, 6.07) is 3.97. The summed E-state index contributed by atoms with van der Waals surface area (Å²) < 4.78 is 0. The lowest BCUT2D eigenvalue weighted by Crippen LogP contribution is -2.39. The Labute approximate surface area is 114 Å². The number of aromatic nitrogens is 1. The average Bonchev–Trinajstić information content (AvgIpc) is 2.34. The molecule has 5 nitrogen and oxygen atoms in total. The van der Waals surface area contributed by atoms with Crippen LogP contribution in [0.1, 0.15) is 30.8 Å². The maximum absolute atomic E-state index is 11.7. The predicted octanol–water partition coefficient (Wildman–Crippen LogP) is 1.75. The van der Waals surface area contributed by atoms with Gasteiger partial charge >= 0.3 is 0 Å². The molecule has 2 N–H and O–H groups in total. The van der Waals surface area contributed by atoms with Crippen molar-refractivity contribution in [2.75, 3.05) is 18.9 Å². The molecule has 0 saturated carbocycles. The van der Waals surface area contributed by atoms with Gasteiger partial charge < -0.3 is 10.6 Å². The van der Waals surface area contributed by atoms with Crippen LogP contribution in [0.4, 0.5) is 5.69 Å². The largest absolute Gasteiger partial charge is 0.383 e. The molecule has 0 radical (unpaired) electrons. The minimum absolute atomic E-state index is 0.0407. The van der Waals surface area contributed by atoms with E-state index in [1.165, 1.54) is 0 Å². The number of nitriles is 1. The lowest BCUT2D eigenvalue weighted by molar-refractivity contribution is -0.128. The zero-order valence-corrected chi connectivity index (χ0v) is 12.1. The zero-order chi connectivity index (χ0) is 14.6. The monoisotopic (exact) mass is 260 g/mol. The van der Waals surface area contributed by atoms with Crippen LogP contribution in [0.3, 0.4) is 0 Å². The molecule has 0 atom stereocenters. The lowest BCUT2D eigenvalue weighted by atomic mass is 9.92. The Morgan fingerprint density at radius 2 is 2.11 bits per heavy atom. The van der Waals surface area contributed by atoms with Crippen LogP contribution in [0.2, 0.25) is 0 Å². The molecule has 5 heteroatoms. The zero-order valence-electron chi connectivity index (χ0n) is 12.1. The highest BCUT2D eigenvalue weighted by Crippen LogP contribution is 2.22. The van der Waals surface area contributed by atoms with E-state index in [0.29, 0.717) is 17.8 Å². The van der Waals surface area contributed by atoms with Gasteiger partial charge in [-0.15, -0.1) is 0 Å². The van der Waals surface area contributed by atoms with Crippen LogP contribution in [-0.2, 0) is 4.79 Å². The van der Waals surface area contributed by atoms with Crippen LogP contribution in [0.15, 0.2) is 6.07 Å². The van der Waals surface area contributed by atoms with Crippen molar-refractivity contribution in [2.24, 2.45) is 5.41 Å². The van der Waals surface area contributed by atoms with Crippen LogP contribution >= 0.6 is 0 Å². The topological polar surface area (TPSA) is 77.8 Å². The first-order valence-corrected chi connectivity index (χ1v) is 6.16. The van der Waals surface area contributed by atoms with Gasteiger partial charge in [0.25, 0.3) is 0 Å². The van der Waals surface area contributed by atoms with E-state index in [4.69, 9.17) is 5.26 Å². The second-order valence-electron chi connectivity index (χ2n) is 5.20. The molecule has 0 saturated heterocycles. The molecule has 0 aromatic carbocycles. The minimum atomic E-state index is -0.549. The van der Waals surface area contributed by atoms with E-state index in [0.717, 1.165) is 11.4 Å². The first-order valence-electron chi connectivity index (χ1n) is 6.16. The molecule has 1 aromatic heterocycles. The highest BCUT2D eigenvalue weighted by molar-refractivity contribution is 5.82. The summed E-state index contributed by atoms with van der Waals surface area (Å²) >= 11 is 0. The number of hydrogen-bond acceptors (Lipinski definition) is 4. The molecule has 0 fully saturated rings. The number of nitrogens with one attached hydrogen (secondary N) is 2. The normalized spacial score (nSPS) is 10.7. The smallest absolute Gasteiger partial charge is 0.227 e. The molecule has 19 heavy (non-hydrogen) atoms. The van der Waals surface area contributed by atoms with Crippen LogP contribution in [-0.4, -0.2) is 24.5 Å². The molecule has 1 amide bonds. The van der Waals surface area contributed by atoms with E-state index in [-0.39, 0.29) is 5.91 Å². The van der Waals surface area contributed by atoms with Gasteiger partial charge in [0, 0.05) is 19.3 Å². The van der Waals surface area contributed by atoms with Crippen LogP contribution < -0.4 is 10.6 Å². The molecule has 1 rings (SSSR count). The van der Waals surface area contributed by atoms with Crippen molar-refractivity contribution in [3.8, 4) is 6.07 Å². The summed E-state index contributed by atoms with van der Waals surface area (Å²) in [5.41, 5.74) is 2.24. The molecule has 0 aliphatic heterocycles. The van der Waals surface area contributed by atoms with E-state index in [1.54, 1.807) is 14.0 Å². The highest BCUT2D eigenvalue weighted by Gasteiger charge is 2.26. The number of rotatable bonds is 4. The highest BCUT2D eigenvalue weighted by atomic mass is 16.2. The summed E-state index contributed by atoms with van der Waals surface area (Å²) in [6.07, 6.45) is 0. The Hall–Kier alpha value is -2.09. The molecular formula is C14H20N4O. The third-order valence-electron chi connectivity index (χ3n) is 3.00. The fourth-order valence-electron chi connectivity index (χ4n) is 1.84. The molecule has 0 bridgehead atoms. The molecular weight excluding hydrogens is 240 g/mol. The van der Waals surface area contributed by atoms with Crippen molar-refractivity contribution in [1.82, 2.24) is 10.3 Å². The number of carbonyl (C=O) groups excluding carboxylic acids is 1. The first-order chi connectivity index (χ1) is 8.81. The van der Waals surface area contributed by atoms with E-state index in [2.05, 4.69) is 21.7 Å². The number of anilines is 1. The van der Waals surface area contributed by atoms with Crippen molar-refractivity contribution in [3.63, 3.8) is 0 Å². The van der Waals surface area contributed by atoms with Crippen LogP contribution in [0, 0.1) is 30.6 Å². The van der Waals surface area contributed by atoms with Gasteiger partial charge in [-0.25, -0.2) is 0 Å². The third kappa shape index (κ3) is 3.44. The second kappa shape index (κ2) is 5.70. The second-order valence-corrected chi connectivity index (χ2v) is 5.20. The molecule has 1 aromatic rings. The SMILES string of the molecule is CNC(=O)C(C)(C)CNc1cc(C)nc(C)c1C#N. The fraction of sp³-hybridized carbons (Fsp3) is 0.500. The van der Waals surface area contributed by atoms with Gasteiger partial charge in [0.1, 0.15) is 6.07 Å². The van der Waals surface area contributed by atoms with Gasteiger partial charge in [0.05, 0.1) is 22.4 Å². The van der Waals surface area contributed by atoms with Crippen LogP contribution in [0.5, 0.6) is 0 Å². The van der Waals surface area contributed by atoms with E-state index >= 15 is 0 Å². The van der Waals surface area contributed by atoms with Crippen molar-refractivity contribution in [1.29, 1.82) is 5.26 Å². The fourth-order valence-corrected chi connectivity index (χ4v) is 1.84. The van der Waals surface area contributed by atoms with E-state index < -0.39 is 5.41 Å². The summed E-state index contributed by atoms with van der Waals surface area (Å²) in [5.74, 6) is -0.0407. The standard InChI is InChI=1S/C14H20N4O/c1-9-6-12(11(7-15)10(2)18-9)17-8-14(3,4)13(19)16-5/h6H,8H2,1-5H3,(H,16,19)(H,17,18). The molecule has 0 unspecified atom stereocenters. The Balaban J connectivity index is 2.96. The Kier molecular flexibility index (Phi) is 4.49. The first kappa shape index (κ1) is 15.0. The number of nitrogens with zero attached hydrogens (tertiary/aromatic N) is 2. The minimum Gasteiger partial charge on any atom is -0.383 e. The van der Waals surface area contributed by atoms with E-state index in [9.17, 15) is 4.79 Å². The molecule has 1 heterocycles. The van der Waals surface area contributed by atoms with Crippen molar-refractivity contribution in [2.45, 2.75) is 27.7 Å². The van der Waals surface area contributed by atoms with Crippen molar-refractivity contribution >= 4 is 11.6 Å². The average molecular weight is 260 g/mol. The van der Waals surface area contributed by atoms with Gasteiger partial charge in [0.2, 0.25) is 5.91 Å². The van der Waals surface area contributed by atoms with Gasteiger partial charge in [-0.1, -0.05) is 0 Å². The molecule has 102 valence electrons. The van der Waals surface area contributed by atoms with Gasteiger partial charge in [-0.05, 0) is 33.8 Å². The Morgan fingerprint density at radius 3 is 2.63 bits per heavy atom. The summed E-state index contributed by atoms with van der Waals surface area (Å²) in [6.45, 7) is 7.84. The number of pyridine rings is 1. The summed E-state index contributed by atoms with van der Waals surface area (Å²) in [7, 11) is 1.62. The Bertz CT molecular complexity index is 529. The third-order valence-corrected chi connectivity index (χ3v) is 3.00. The summed E-state index contributed by atoms with van der Waals surface area (Å²) in [4.78, 5) is 16.0. The predicted molar refractivity (Wildman–Crippen MR) is 74.8 cm³/mol. The van der Waals surface area contributed by atoms with Gasteiger partial charge in [-0.2, -0.15) is 5.26 Å². The van der Waals surface area contributed by atoms with Gasteiger partial charge in [0.15, 0.2) is 0 Å². The number of aryl methyl sites for hydroxylation is 2. The van der Waals surface area contributed by atoms with E-state index in [1.807, 2.05) is 26.8 Å². The van der Waals surface area contributed by atoms with Gasteiger partial charge in [-0.3, -0.25) is 9.78 Å². The molecule has 0 spiro atoms. The number of hydrogen-bond donors (Lipinski definition) is 2. The molecule has 0 aliphatic carbocycles. The van der Waals surface area contributed by atoms with Crippen molar-refractivity contribution in [3.05, 3.63) is 23.0 Å². The van der Waals surface area contributed by atoms with Crippen LogP contribution in [0.25, 0.3) is 0 Å². The number of amides is 1. The molecule has 0 aliphatic rings. The maximum atomic E-state index is 11.7. The lowest BCUT2D eigenvalue weighted by Gasteiger charge is -2.24.